The van der Waals surface area contributed by atoms with Gasteiger partial charge in [0.2, 0.25) is 0 Å². The summed E-state index contributed by atoms with van der Waals surface area (Å²) in [5.74, 6) is 0.807. The molecule has 0 aliphatic heterocycles. The third-order valence-corrected chi connectivity index (χ3v) is 3.54. The first-order chi connectivity index (χ1) is 8.72. The number of nitrogen functional groups attached to an aromatic ring is 1. The third-order valence-electron chi connectivity index (χ3n) is 3.54. The molecule has 0 fully saturated rings. The van der Waals surface area contributed by atoms with E-state index in [1.807, 2.05) is 13.2 Å². The summed E-state index contributed by atoms with van der Waals surface area (Å²) in [6, 6.07) is 9.09. The van der Waals surface area contributed by atoms with E-state index in [0.717, 1.165) is 30.8 Å². The van der Waals surface area contributed by atoms with Gasteiger partial charge < -0.3 is 11.1 Å². The van der Waals surface area contributed by atoms with Crippen molar-refractivity contribution in [3.8, 4) is 0 Å². The van der Waals surface area contributed by atoms with E-state index in [4.69, 9.17) is 5.73 Å². The highest BCUT2D eigenvalue weighted by molar-refractivity contribution is 5.60. The van der Waals surface area contributed by atoms with Gasteiger partial charge in [0, 0.05) is 19.3 Å². The lowest BCUT2D eigenvalue weighted by Crippen LogP contribution is -2.27. The molecule has 1 heterocycles. The van der Waals surface area contributed by atoms with Crippen LogP contribution in [0.4, 0.5) is 11.5 Å². The highest BCUT2D eigenvalue weighted by atomic mass is 15.3. The summed E-state index contributed by atoms with van der Waals surface area (Å²) in [5, 5.41) is 7.79. The number of fused-ring (bicyclic) bond motifs is 1. The van der Waals surface area contributed by atoms with Crippen molar-refractivity contribution < 1.29 is 0 Å². The number of anilines is 2. The number of aromatic nitrogens is 2. The molecular weight excluding hydrogens is 224 g/mol. The number of rotatable bonds is 2. The fourth-order valence-corrected chi connectivity index (χ4v) is 2.63. The Morgan fingerprint density at radius 1 is 1.33 bits per heavy atom. The van der Waals surface area contributed by atoms with Gasteiger partial charge in [-0.25, -0.2) is 0 Å². The first-order valence-electron chi connectivity index (χ1n) is 6.35. The van der Waals surface area contributed by atoms with Gasteiger partial charge in [0.25, 0.3) is 0 Å². The van der Waals surface area contributed by atoms with Gasteiger partial charge in [-0.05, 0) is 30.4 Å². The Labute approximate surface area is 107 Å². The molecule has 4 heteroatoms. The van der Waals surface area contributed by atoms with E-state index >= 15 is 0 Å². The lowest BCUT2D eigenvalue weighted by atomic mass is 9.88. The van der Waals surface area contributed by atoms with Crippen LogP contribution >= 0.6 is 0 Å². The van der Waals surface area contributed by atoms with Crippen molar-refractivity contribution >= 4 is 11.5 Å². The van der Waals surface area contributed by atoms with Gasteiger partial charge in [-0.2, -0.15) is 5.10 Å². The average Bonchev–Trinajstić information content (AvgIpc) is 2.68. The molecule has 4 nitrogen and oxygen atoms in total. The molecule has 94 valence electrons. The molecule has 0 saturated carbocycles. The minimum Gasteiger partial charge on any atom is -0.394 e. The van der Waals surface area contributed by atoms with Crippen molar-refractivity contribution in [2.75, 3.05) is 11.1 Å². The quantitative estimate of drug-likeness (QED) is 0.846. The molecule has 1 aromatic carbocycles. The van der Waals surface area contributed by atoms with Gasteiger partial charge in [-0.1, -0.05) is 24.3 Å². The molecule has 1 aromatic heterocycles. The molecule has 3 rings (SSSR count). The number of nitrogens with one attached hydrogen (secondary N) is 1. The maximum atomic E-state index is 5.91. The number of nitrogens with two attached hydrogens (primary N) is 1. The minimum atomic E-state index is 0.428. The molecule has 1 unspecified atom stereocenters. The number of aryl methyl sites for hydroxylation is 2. The summed E-state index contributed by atoms with van der Waals surface area (Å²) in [4.78, 5) is 0. The standard InChI is InChI=1S/C14H18N4/c1-18-9-13(15)14(17-18)16-12-7-6-10-4-2-3-5-11(10)8-12/h2-5,9,12H,6-8,15H2,1H3,(H,16,17). The molecule has 0 amide bonds. The molecule has 0 bridgehead atoms. The van der Waals surface area contributed by atoms with Crippen LogP contribution in [0, 0.1) is 0 Å². The zero-order chi connectivity index (χ0) is 12.5. The van der Waals surface area contributed by atoms with Crippen molar-refractivity contribution in [3.05, 3.63) is 41.6 Å². The van der Waals surface area contributed by atoms with E-state index in [-0.39, 0.29) is 0 Å². The summed E-state index contributed by atoms with van der Waals surface area (Å²) in [7, 11) is 1.89. The summed E-state index contributed by atoms with van der Waals surface area (Å²) < 4.78 is 1.74. The second kappa shape index (κ2) is 4.37. The predicted octanol–water partition coefficient (Wildman–Crippen LogP) is 1.97. The summed E-state index contributed by atoms with van der Waals surface area (Å²) >= 11 is 0. The first-order valence-corrected chi connectivity index (χ1v) is 6.35. The molecule has 1 aliphatic carbocycles. The Morgan fingerprint density at radius 2 is 2.11 bits per heavy atom. The van der Waals surface area contributed by atoms with Crippen LogP contribution in [-0.2, 0) is 19.9 Å². The number of hydrogen-bond donors (Lipinski definition) is 2. The van der Waals surface area contributed by atoms with Gasteiger partial charge in [-0.15, -0.1) is 0 Å². The Hall–Kier alpha value is -1.97. The van der Waals surface area contributed by atoms with Crippen LogP contribution in [-0.4, -0.2) is 15.8 Å². The number of benzene rings is 1. The topological polar surface area (TPSA) is 55.9 Å². The molecule has 2 aromatic rings. The van der Waals surface area contributed by atoms with Gasteiger partial charge >= 0.3 is 0 Å². The van der Waals surface area contributed by atoms with Crippen molar-refractivity contribution in [3.63, 3.8) is 0 Å². The van der Waals surface area contributed by atoms with Crippen LogP contribution in [0.5, 0.6) is 0 Å². The van der Waals surface area contributed by atoms with Gasteiger partial charge in [0.1, 0.15) is 0 Å². The molecule has 18 heavy (non-hydrogen) atoms. The fraction of sp³-hybridized carbons (Fsp3) is 0.357. The Morgan fingerprint density at radius 3 is 2.83 bits per heavy atom. The van der Waals surface area contributed by atoms with E-state index in [1.165, 1.54) is 11.1 Å². The van der Waals surface area contributed by atoms with E-state index in [1.54, 1.807) is 4.68 Å². The maximum Gasteiger partial charge on any atom is 0.171 e. The average molecular weight is 242 g/mol. The largest absolute Gasteiger partial charge is 0.394 e. The van der Waals surface area contributed by atoms with E-state index in [0.29, 0.717) is 6.04 Å². The summed E-state index contributed by atoms with van der Waals surface area (Å²) in [6.45, 7) is 0. The lowest BCUT2D eigenvalue weighted by molar-refractivity contribution is 0.606. The Kier molecular flexibility index (Phi) is 2.70. The first kappa shape index (κ1) is 11.1. The third kappa shape index (κ3) is 2.06. The van der Waals surface area contributed by atoms with Crippen molar-refractivity contribution in [2.45, 2.75) is 25.3 Å². The maximum absolute atomic E-state index is 5.91. The van der Waals surface area contributed by atoms with Gasteiger partial charge in [0.15, 0.2) is 5.82 Å². The summed E-state index contributed by atoms with van der Waals surface area (Å²) in [5.41, 5.74) is 9.54. The van der Waals surface area contributed by atoms with Crippen molar-refractivity contribution in [1.29, 1.82) is 0 Å². The van der Waals surface area contributed by atoms with Crippen LogP contribution < -0.4 is 11.1 Å². The van der Waals surface area contributed by atoms with Crippen LogP contribution in [0.3, 0.4) is 0 Å². The van der Waals surface area contributed by atoms with Crippen molar-refractivity contribution in [2.24, 2.45) is 7.05 Å². The Bertz CT molecular complexity index is 559. The zero-order valence-electron chi connectivity index (χ0n) is 10.6. The highest BCUT2D eigenvalue weighted by Gasteiger charge is 2.19. The smallest absolute Gasteiger partial charge is 0.171 e. The SMILES string of the molecule is Cn1cc(N)c(NC2CCc3ccccc3C2)n1. The molecule has 1 aliphatic rings. The predicted molar refractivity (Wildman–Crippen MR) is 73.5 cm³/mol. The zero-order valence-corrected chi connectivity index (χ0v) is 10.6. The normalized spacial score (nSPS) is 18.4. The van der Waals surface area contributed by atoms with Crippen LogP contribution in [0.1, 0.15) is 17.5 Å². The second-order valence-corrected chi connectivity index (χ2v) is 4.96. The fourth-order valence-electron chi connectivity index (χ4n) is 2.63. The molecule has 3 N–H and O–H groups in total. The molecule has 1 atom stereocenters. The molecule has 0 saturated heterocycles. The van der Waals surface area contributed by atoms with Crippen LogP contribution in [0.2, 0.25) is 0 Å². The second-order valence-electron chi connectivity index (χ2n) is 4.96. The van der Waals surface area contributed by atoms with E-state index < -0.39 is 0 Å². The van der Waals surface area contributed by atoms with Gasteiger partial charge in [-0.3, -0.25) is 4.68 Å². The molecule has 0 spiro atoms. The van der Waals surface area contributed by atoms with E-state index in [9.17, 15) is 0 Å². The van der Waals surface area contributed by atoms with Gasteiger partial charge in [0.05, 0.1) is 5.69 Å². The van der Waals surface area contributed by atoms with Crippen LogP contribution in [0.25, 0.3) is 0 Å². The van der Waals surface area contributed by atoms with E-state index in [2.05, 4.69) is 34.7 Å². The van der Waals surface area contributed by atoms with Crippen LogP contribution in [0.15, 0.2) is 30.5 Å². The molecule has 0 radical (unpaired) electrons. The monoisotopic (exact) mass is 242 g/mol. The highest BCUT2D eigenvalue weighted by Crippen LogP contribution is 2.24. The number of nitrogens with zero attached hydrogens (tertiary/aromatic N) is 2. The lowest BCUT2D eigenvalue weighted by Gasteiger charge is -2.25. The Balaban J connectivity index is 1.75. The summed E-state index contributed by atoms with van der Waals surface area (Å²) in [6.07, 6.45) is 5.14. The van der Waals surface area contributed by atoms with Crippen molar-refractivity contribution in [1.82, 2.24) is 9.78 Å². The molecular formula is C14H18N4. The number of hydrogen-bond acceptors (Lipinski definition) is 3. The minimum absolute atomic E-state index is 0.428.